The molecule has 0 bridgehead atoms. The van der Waals surface area contributed by atoms with E-state index in [9.17, 15) is 19.2 Å². The highest BCUT2D eigenvalue weighted by molar-refractivity contribution is 6.01. The van der Waals surface area contributed by atoms with Crippen molar-refractivity contribution in [2.45, 2.75) is 45.6 Å². The summed E-state index contributed by atoms with van der Waals surface area (Å²) in [5, 5.41) is 9.30. The molecule has 1 aromatic heterocycles. The number of nitrogens with one attached hydrogen (secondary N) is 2. The molecule has 3 rings (SSSR count). The van der Waals surface area contributed by atoms with Crippen LogP contribution >= 0.6 is 0 Å². The van der Waals surface area contributed by atoms with E-state index in [1.807, 2.05) is 0 Å². The van der Waals surface area contributed by atoms with Gasteiger partial charge in [-0.25, -0.2) is 0 Å². The van der Waals surface area contributed by atoms with Gasteiger partial charge in [-0.3, -0.25) is 24.1 Å². The summed E-state index contributed by atoms with van der Waals surface area (Å²) >= 11 is 0. The van der Waals surface area contributed by atoms with Gasteiger partial charge in [0.1, 0.15) is 12.3 Å². The van der Waals surface area contributed by atoms with Crippen LogP contribution in [0.1, 0.15) is 48.7 Å². The number of rotatable bonds is 10. The zero-order chi connectivity index (χ0) is 23.8. The standard InChI is InChI=1S/C23H28N4O6/c1-15-11-20(26-33-15)27(14-22(30)24-13-19-7-4-10-32-19)23(31)9-8-21(29)25-18-6-3-5-17(12-18)16(2)28/h3,5-6,11-12,19H,4,7-10,13-14H2,1-2H3,(H,24,30)(H,25,29). The van der Waals surface area contributed by atoms with E-state index in [1.165, 1.54) is 11.8 Å². The van der Waals surface area contributed by atoms with Gasteiger partial charge in [-0.15, -0.1) is 0 Å². The second-order valence-corrected chi connectivity index (χ2v) is 7.90. The highest BCUT2D eigenvalue weighted by atomic mass is 16.5. The highest BCUT2D eigenvalue weighted by Gasteiger charge is 2.24. The molecule has 1 aliphatic rings. The minimum atomic E-state index is -0.441. The number of anilines is 2. The van der Waals surface area contributed by atoms with Gasteiger partial charge in [0.05, 0.1) is 6.10 Å². The minimum Gasteiger partial charge on any atom is -0.376 e. The molecular weight excluding hydrogens is 428 g/mol. The second kappa shape index (κ2) is 11.4. The Labute approximate surface area is 191 Å². The number of amides is 3. The van der Waals surface area contributed by atoms with Gasteiger partial charge in [0, 0.05) is 43.3 Å². The molecule has 1 saturated heterocycles. The van der Waals surface area contributed by atoms with Crippen molar-refractivity contribution in [2.24, 2.45) is 0 Å². The van der Waals surface area contributed by atoms with E-state index in [-0.39, 0.29) is 48.9 Å². The molecule has 2 N–H and O–H groups in total. The molecule has 10 heteroatoms. The maximum absolute atomic E-state index is 12.9. The summed E-state index contributed by atoms with van der Waals surface area (Å²) in [5.41, 5.74) is 0.947. The van der Waals surface area contributed by atoms with Gasteiger partial charge >= 0.3 is 0 Å². The molecule has 0 aliphatic carbocycles. The molecule has 1 aliphatic heterocycles. The van der Waals surface area contributed by atoms with Gasteiger partial charge in [-0.05, 0) is 38.8 Å². The zero-order valence-corrected chi connectivity index (χ0v) is 18.8. The maximum Gasteiger partial charge on any atom is 0.240 e. The SMILES string of the molecule is CC(=O)c1cccc(NC(=O)CCC(=O)N(CC(=O)NCC2CCCO2)c2cc(C)on2)c1. The quantitative estimate of drug-likeness (QED) is 0.524. The Bertz CT molecular complexity index is 1010. The lowest BCUT2D eigenvalue weighted by Gasteiger charge is -2.20. The summed E-state index contributed by atoms with van der Waals surface area (Å²) in [6, 6.07) is 8.11. The largest absolute Gasteiger partial charge is 0.376 e. The average molecular weight is 456 g/mol. The molecule has 0 saturated carbocycles. The highest BCUT2D eigenvalue weighted by Crippen LogP contribution is 2.17. The van der Waals surface area contributed by atoms with E-state index in [0.717, 1.165) is 12.8 Å². The molecule has 33 heavy (non-hydrogen) atoms. The van der Waals surface area contributed by atoms with E-state index in [1.54, 1.807) is 37.3 Å². The number of carbonyl (C=O) groups excluding carboxylic acids is 4. The van der Waals surface area contributed by atoms with E-state index >= 15 is 0 Å². The van der Waals surface area contributed by atoms with Crippen molar-refractivity contribution in [1.29, 1.82) is 0 Å². The zero-order valence-electron chi connectivity index (χ0n) is 18.8. The molecule has 10 nitrogen and oxygen atoms in total. The molecule has 1 fully saturated rings. The van der Waals surface area contributed by atoms with Crippen LogP contribution in [0.15, 0.2) is 34.9 Å². The van der Waals surface area contributed by atoms with Gasteiger partial charge in [0.25, 0.3) is 0 Å². The second-order valence-electron chi connectivity index (χ2n) is 7.90. The number of Topliss-reactive ketones (excluding diaryl/α,β-unsaturated/α-hetero) is 1. The minimum absolute atomic E-state index is 0.0161. The molecular formula is C23H28N4O6. The summed E-state index contributed by atoms with van der Waals surface area (Å²) in [7, 11) is 0. The summed E-state index contributed by atoms with van der Waals surface area (Å²) in [6.07, 6.45) is 1.59. The molecule has 3 amide bonds. The van der Waals surface area contributed by atoms with Crippen molar-refractivity contribution in [3.05, 3.63) is 41.7 Å². The fourth-order valence-electron chi connectivity index (χ4n) is 3.40. The van der Waals surface area contributed by atoms with Crippen LogP contribution in [0.3, 0.4) is 0 Å². The van der Waals surface area contributed by atoms with Crippen molar-refractivity contribution < 1.29 is 28.4 Å². The lowest BCUT2D eigenvalue weighted by Crippen LogP contribution is -2.43. The molecule has 2 aromatic rings. The Morgan fingerprint density at radius 2 is 1.97 bits per heavy atom. The van der Waals surface area contributed by atoms with Crippen LogP contribution in [0.5, 0.6) is 0 Å². The third-order valence-electron chi connectivity index (χ3n) is 5.16. The van der Waals surface area contributed by atoms with E-state index in [0.29, 0.717) is 30.2 Å². The number of nitrogens with zero attached hydrogens (tertiary/aromatic N) is 2. The van der Waals surface area contributed by atoms with Gasteiger partial charge < -0.3 is 19.9 Å². The van der Waals surface area contributed by atoms with Crippen molar-refractivity contribution in [3.63, 3.8) is 0 Å². The Morgan fingerprint density at radius 3 is 2.64 bits per heavy atom. The van der Waals surface area contributed by atoms with Crippen LogP contribution in [0.2, 0.25) is 0 Å². The Hall–Kier alpha value is -3.53. The smallest absolute Gasteiger partial charge is 0.240 e. The van der Waals surface area contributed by atoms with Gasteiger partial charge in [0.2, 0.25) is 17.7 Å². The van der Waals surface area contributed by atoms with Crippen molar-refractivity contribution in [3.8, 4) is 0 Å². The number of carbonyl (C=O) groups is 4. The van der Waals surface area contributed by atoms with Gasteiger partial charge in [0.15, 0.2) is 11.6 Å². The van der Waals surface area contributed by atoms with Crippen LogP contribution in [0.4, 0.5) is 11.5 Å². The number of ether oxygens (including phenoxy) is 1. The molecule has 176 valence electrons. The lowest BCUT2D eigenvalue weighted by molar-refractivity contribution is -0.125. The van der Waals surface area contributed by atoms with Crippen LogP contribution in [0.25, 0.3) is 0 Å². The number of ketones is 1. The summed E-state index contributed by atoms with van der Waals surface area (Å²) in [4.78, 5) is 50.3. The van der Waals surface area contributed by atoms with Crippen LogP contribution in [-0.2, 0) is 19.1 Å². The predicted octanol–water partition coefficient (Wildman–Crippen LogP) is 2.23. The normalized spacial score (nSPS) is 15.2. The fourth-order valence-corrected chi connectivity index (χ4v) is 3.40. The Morgan fingerprint density at radius 1 is 1.15 bits per heavy atom. The summed E-state index contributed by atoms with van der Waals surface area (Å²) in [5.74, 6) is -0.598. The average Bonchev–Trinajstić information content (AvgIpc) is 3.46. The fraction of sp³-hybridized carbons (Fsp3) is 0.435. The number of aromatic nitrogens is 1. The molecule has 1 aromatic carbocycles. The predicted molar refractivity (Wildman–Crippen MR) is 120 cm³/mol. The van der Waals surface area contributed by atoms with Gasteiger partial charge in [-0.1, -0.05) is 17.3 Å². The van der Waals surface area contributed by atoms with E-state index < -0.39 is 5.91 Å². The number of benzene rings is 1. The third kappa shape index (κ3) is 7.25. The van der Waals surface area contributed by atoms with E-state index in [4.69, 9.17) is 9.26 Å². The first-order chi connectivity index (χ1) is 15.8. The topological polar surface area (TPSA) is 131 Å². The first-order valence-electron chi connectivity index (χ1n) is 10.8. The maximum atomic E-state index is 12.9. The third-order valence-corrected chi connectivity index (χ3v) is 5.16. The van der Waals surface area contributed by atoms with Gasteiger partial charge in [-0.2, -0.15) is 0 Å². The monoisotopic (exact) mass is 456 g/mol. The molecule has 1 atom stereocenters. The Balaban J connectivity index is 1.56. The molecule has 0 spiro atoms. The molecule has 2 heterocycles. The number of hydrogen-bond acceptors (Lipinski definition) is 7. The van der Waals surface area contributed by atoms with Crippen LogP contribution in [-0.4, -0.2) is 54.5 Å². The number of hydrogen-bond donors (Lipinski definition) is 2. The van der Waals surface area contributed by atoms with Crippen molar-refractivity contribution in [2.75, 3.05) is 29.9 Å². The van der Waals surface area contributed by atoms with Crippen LogP contribution in [0, 0.1) is 6.92 Å². The summed E-state index contributed by atoms with van der Waals surface area (Å²) in [6.45, 7) is 3.93. The van der Waals surface area contributed by atoms with E-state index in [2.05, 4.69) is 15.8 Å². The first kappa shape index (κ1) is 24.1. The molecule has 0 radical (unpaired) electrons. The lowest BCUT2D eigenvalue weighted by atomic mass is 10.1. The number of aryl methyl sites for hydroxylation is 1. The van der Waals surface area contributed by atoms with Crippen molar-refractivity contribution >= 4 is 35.0 Å². The Kier molecular flexibility index (Phi) is 8.31. The molecule has 1 unspecified atom stereocenters. The summed E-state index contributed by atoms with van der Waals surface area (Å²) < 4.78 is 10.5. The van der Waals surface area contributed by atoms with Crippen molar-refractivity contribution in [1.82, 2.24) is 10.5 Å². The van der Waals surface area contributed by atoms with Crippen LogP contribution < -0.4 is 15.5 Å². The first-order valence-corrected chi connectivity index (χ1v) is 10.8.